The summed E-state index contributed by atoms with van der Waals surface area (Å²) < 4.78 is 40.7. The molecule has 2 aliphatic heterocycles. The molecule has 130 valence electrons. The van der Waals surface area contributed by atoms with Gasteiger partial charge in [-0.05, 0) is 17.2 Å². The Morgan fingerprint density at radius 1 is 1.04 bits per heavy atom. The number of aliphatic hydroxyl groups is 1. The fraction of sp³-hybridized carbons (Fsp3) is 0.278. The fourth-order valence-electron chi connectivity index (χ4n) is 3.73. The molecule has 0 aliphatic carbocycles. The third kappa shape index (κ3) is 2.06. The number of anilines is 1. The smallest absolute Gasteiger partial charge is 0.372 e. The minimum absolute atomic E-state index is 0.294. The highest BCUT2D eigenvalue weighted by atomic mass is 19.4. The van der Waals surface area contributed by atoms with E-state index in [1.165, 1.54) is 0 Å². The first-order chi connectivity index (χ1) is 11.8. The Hall–Kier alpha value is -2.38. The van der Waals surface area contributed by atoms with Gasteiger partial charge in [0.05, 0.1) is 5.69 Å². The third-order valence-electron chi connectivity index (χ3n) is 4.97. The number of halogens is 3. The summed E-state index contributed by atoms with van der Waals surface area (Å²) >= 11 is 0. The summed E-state index contributed by atoms with van der Waals surface area (Å²) in [5.74, 6) is -1.36. The molecule has 2 heterocycles. The van der Waals surface area contributed by atoms with E-state index >= 15 is 0 Å². The molecule has 2 aromatic carbocycles. The van der Waals surface area contributed by atoms with Gasteiger partial charge in [-0.25, -0.2) is 0 Å². The largest absolute Gasteiger partial charge is 0.426 e. The van der Waals surface area contributed by atoms with Crippen molar-refractivity contribution in [2.75, 3.05) is 4.90 Å². The van der Waals surface area contributed by atoms with Crippen molar-refractivity contribution in [3.05, 3.63) is 65.7 Å². The Balaban J connectivity index is 1.97. The number of carbonyl (C=O) groups is 1. The minimum Gasteiger partial charge on any atom is -0.372 e. The van der Waals surface area contributed by atoms with Crippen LogP contribution in [0, 0.1) is 0 Å². The molecule has 1 fully saturated rings. The lowest BCUT2D eigenvalue weighted by atomic mass is 9.88. The highest BCUT2D eigenvalue weighted by Gasteiger charge is 2.72. The fourth-order valence-corrected chi connectivity index (χ4v) is 3.73. The van der Waals surface area contributed by atoms with E-state index < -0.39 is 29.8 Å². The first-order valence-corrected chi connectivity index (χ1v) is 7.82. The molecule has 2 atom stereocenters. The van der Waals surface area contributed by atoms with E-state index in [-0.39, 0.29) is 0 Å². The molecule has 0 bridgehead atoms. The second-order valence-corrected chi connectivity index (χ2v) is 6.38. The molecular weight excluding hydrogens is 333 g/mol. The molecule has 2 unspecified atom stereocenters. The Bertz CT molecular complexity index is 840. The first-order valence-electron chi connectivity index (χ1n) is 7.82. The predicted molar refractivity (Wildman–Crippen MR) is 84.5 cm³/mol. The summed E-state index contributed by atoms with van der Waals surface area (Å²) in [5.41, 5.74) is -3.30. The lowest BCUT2D eigenvalue weighted by molar-refractivity contribution is -0.248. The number of rotatable bonds is 1. The van der Waals surface area contributed by atoms with Crippen LogP contribution in [-0.2, 0) is 17.0 Å². The number of carbonyl (C=O) groups excluding carboxylic acids is 1. The maximum atomic E-state index is 13.6. The van der Waals surface area contributed by atoms with Gasteiger partial charge >= 0.3 is 6.18 Å². The minimum atomic E-state index is -5.07. The summed E-state index contributed by atoms with van der Waals surface area (Å²) in [7, 11) is 0. The van der Waals surface area contributed by atoms with Gasteiger partial charge in [0.15, 0.2) is 0 Å². The number of hydrogen-bond acceptors (Lipinski definition) is 3. The molecule has 1 amide bonds. The molecule has 2 N–H and O–H groups in total. The van der Waals surface area contributed by atoms with Crippen LogP contribution in [0.15, 0.2) is 54.6 Å². The van der Waals surface area contributed by atoms with Gasteiger partial charge in [0.25, 0.3) is 5.91 Å². The number of benzene rings is 2. The monoisotopic (exact) mass is 348 g/mol. The van der Waals surface area contributed by atoms with Crippen LogP contribution in [-0.4, -0.2) is 22.8 Å². The van der Waals surface area contributed by atoms with Gasteiger partial charge in [-0.3, -0.25) is 15.0 Å². The van der Waals surface area contributed by atoms with Crippen LogP contribution in [0.1, 0.15) is 17.5 Å². The quantitative estimate of drug-likeness (QED) is 0.833. The summed E-state index contributed by atoms with van der Waals surface area (Å²) in [6, 6.07) is 15.2. The van der Waals surface area contributed by atoms with Crippen LogP contribution in [0.2, 0.25) is 0 Å². The third-order valence-corrected chi connectivity index (χ3v) is 4.97. The normalized spacial score (nSPS) is 28.6. The van der Waals surface area contributed by atoms with Gasteiger partial charge in [-0.1, -0.05) is 48.5 Å². The average molecular weight is 348 g/mol. The summed E-state index contributed by atoms with van der Waals surface area (Å²) in [6.45, 7) is 0.294. The zero-order valence-corrected chi connectivity index (χ0v) is 13.0. The van der Waals surface area contributed by atoms with Crippen LogP contribution in [0.4, 0.5) is 18.9 Å². The zero-order valence-electron chi connectivity index (χ0n) is 13.0. The van der Waals surface area contributed by atoms with Gasteiger partial charge in [-0.15, -0.1) is 0 Å². The number of nitrogens with one attached hydrogen (secondary N) is 1. The topological polar surface area (TPSA) is 52.6 Å². The molecule has 7 heteroatoms. The number of para-hydroxylation sites is 1. The van der Waals surface area contributed by atoms with Crippen LogP contribution in [0.3, 0.4) is 0 Å². The Morgan fingerprint density at radius 3 is 2.36 bits per heavy atom. The van der Waals surface area contributed by atoms with Gasteiger partial charge in [0, 0.05) is 13.0 Å². The predicted octanol–water partition coefficient (Wildman–Crippen LogP) is 2.67. The Morgan fingerprint density at radius 2 is 1.68 bits per heavy atom. The molecular formula is C18H15F3N2O2. The number of amides is 1. The van der Waals surface area contributed by atoms with Crippen molar-refractivity contribution >= 4 is 11.6 Å². The molecule has 4 rings (SSSR count). The van der Waals surface area contributed by atoms with Crippen molar-refractivity contribution in [3.63, 3.8) is 0 Å². The van der Waals surface area contributed by atoms with Gasteiger partial charge in [-0.2, -0.15) is 13.2 Å². The maximum absolute atomic E-state index is 13.6. The number of hydrogen-bond donors (Lipinski definition) is 2. The van der Waals surface area contributed by atoms with Gasteiger partial charge in [0.2, 0.25) is 5.60 Å². The second-order valence-electron chi connectivity index (χ2n) is 6.38. The molecule has 0 spiro atoms. The van der Waals surface area contributed by atoms with Crippen molar-refractivity contribution in [1.29, 1.82) is 0 Å². The average Bonchev–Trinajstić information content (AvgIpc) is 2.85. The molecule has 25 heavy (non-hydrogen) atoms. The van der Waals surface area contributed by atoms with Gasteiger partial charge < -0.3 is 5.11 Å². The molecule has 2 aliphatic rings. The van der Waals surface area contributed by atoms with E-state index in [1.807, 2.05) is 0 Å². The van der Waals surface area contributed by atoms with Gasteiger partial charge in [0.1, 0.15) is 5.66 Å². The van der Waals surface area contributed by atoms with Crippen molar-refractivity contribution in [2.24, 2.45) is 0 Å². The first kappa shape index (κ1) is 16.1. The van der Waals surface area contributed by atoms with Crippen molar-refractivity contribution in [3.8, 4) is 0 Å². The molecule has 0 aromatic heterocycles. The molecule has 0 saturated carbocycles. The van der Waals surface area contributed by atoms with Crippen molar-refractivity contribution < 1.29 is 23.1 Å². The zero-order chi connectivity index (χ0) is 17.9. The SMILES string of the molecule is O=C1N2c3ccccc3CNC2(c2ccccc2)CC1(O)C(F)(F)F. The van der Waals surface area contributed by atoms with Crippen LogP contribution in [0.25, 0.3) is 0 Å². The van der Waals surface area contributed by atoms with Crippen molar-refractivity contribution in [1.82, 2.24) is 5.32 Å². The Labute approximate surface area is 141 Å². The van der Waals surface area contributed by atoms with E-state index in [0.717, 1.165) is 4.90 Å². The lowest BCUT2D eigenvalue weighted by Crippen LogP contribution is -2.57. The van der Waals surface area contributed by atoms with Crippen molar-refractivity contribution in [2.45, 2.75) is 30.4 Å². The molecule has 4 nitrogen and oxygen atoms in total. The lowest BCUT2D eigenvalue weighted by Gasteiger charge is -2.44. The summed E-state index contributed by atoms with van der Waals surface area (Å²) in [4.78, 5) is 13.8. The van der Waals surface area contributed by atoms with Crippen LogP contribution in [0.5, 0.6) is 0 Å². The number of nitrogens with zero attached hydrogens (tertiary/aromatic N) is 1. The van der Waals surface area contributed by atoms with Crippen LogP contribution >= 0.6 is 0 Å². The molecule has 2 aromatic rings. The van der Waals surface area contributed by atoms with E-state index in [2.05, 4.69) is 5.32 Å². The van der Waals surface area contributed by atoms with E-state index in [4.69, 9.17) is 0 Å². The molecule has 1 saturated heterocycles. The number of fused-ring (bicyclic) bond motifs is 3. The van der Waals surface area contributed by atoms with E-state index in [9.17, 15) is 23.1 Å². The van der Waals surface area contributed by atoms with Crippen LogP contribution < -0.4 is 10.2 Å². The van der Waals surface area contributed by atoms with E-state index in [1.54, 1.807) is 54.6 Å². The second kappa shape index (κ2) is 5.06. The highest BCUT2D eigenvalue weighted by Crippen LogP contribution is 2.53. The standard InChI is InChI=1S/C18H15F3N2O2/c19-18(20,21)16(25)11-17(13-7-2-1-3-8-13)22-10-12-6-4-5-9-14(12)23(17)15(16)24/h1-9,22,25H,10-11H2. The maximum Gasteiger partial charge on any atom is 0.426 e. The molecule has 0 radical (unpaired) electrons. The van der Waals surface area contributed by atoms with E-state index in [0.29, 0.717) is 23.4 Å². The summed E-state index contributed by atoms with van der Waals surface area (Å²) in [6.07, 6.45) is -5.87. The summed E-state index contributed by atoms with van der Waals surface area (Å²) in [5, 5.41) is 13.4. The number of alkyl halides is 3. The highest BCUT2D eigenvalue weighted by molar-refractivity contribution is 6.05. The Kier molecular flexibility index (Phi) is 3.26.